The molecule has 0 saturated carbocycles. The fourth-order valence-electron chi connectivity index (χ4n) is 1.48. The van der Waals surface area contributed by atoms with E-state index < -0.39 is 5.60 Å². The largest absolute Gasteiger partial charge is 0.389 e. The summed E-state index contributed by atoms with van der Waals surface area (Å²) >= 11 is 0. The molecule has 17 heavy (non-hydrogen) atoms. The minimum Gasteiger partial charge on any atom is -0.389 e. The Morgan fingerprint density at radius 2 is 1.88 bits per heavy atom. The van der Waals surface area contributed by atoms with Gasteiger partial charge < -0.3 is 15.3 Å². The van der Waals surface area contributed by atoms with Crippen LogP contribution in [-0.4, -0.2) is 47.7 Å². The molecule has 0 aliphatic rings. The van der Waals surface area contributed by atoms with Gasteiger partial charge in [0.2, 0.25) is 5.91 Å². The number of hydrogen-bond acceptors (Lipinski definition) is 3. The highest BCUT2D eigenvalue weighted by atomic mass is 16.3. The minimum atomic E-state index is -0.710. The predicted octanol–water partition coefficient (Wildman–Crippen LogP) is 1.24. The zero-order chi connectivity index (χ0) is 13.5. The van der Waals surface area contributed by atoms with Gasteiger partial charge in [0.15, 0.2) is 0 Å². The van der Waals surface area contributed by atoms with E-state index in [0.717, 1.165) is 13.1 Å². The summed E-state index contributed by atoms with van der Waals surface area (Å²) < 4.78 is 0. The Labute approximate surface area is 105 Å². The first-order valence-corrected chi connectivity index (χ1v) is 6.56. The van der Waals surface area contributed by atoms with Crippen molar-refractivity contribution >= 4 is 5.91 Å². The number of carbonyl (C=O) groups is 1. The van der Waals surface area contributed by atoms with Crippen LogP contribution in [0, 0.1) is 5.92 Å². The zero-order valence-corrected chi connectivity index (χ0v) is 11.9. The molecule has 102 valence electrons. The van der Waals surface area contributed by atoms with Crippen molar-refractivity contribution in [3.8, 4) is 0 Å². The molecule has 0 fully saturated rings. The van der Waals surface area contributed by atoms with E-state index in [4.69, 9.17) is 0 Å². The van der Waals surface area contributed by atoms with E-state index in [9.17, 15) is 9.90 Å². The van der Waals surface area contributed by atoms with Crippen molar-refractivity contribution in [2.75, 3.05) is 26.2 Å². The Morgan fingerprint density at radius 3 is 2.29 bits per heavy atom. The van der Waals surface area contributed by atoms with Gasteiger partial charge in [-0.15, -0.1) is 0 Å². The Kier molecular flexibility index (Phi) is 7.39. The summed E-state index contributed by atoms with van der Waals surface area (Å²) in [5.41, 5.74) is -0.710. The van der Waals surface area contributed by atoms with Crippen LogP contribution in [-0.2, 0) is 4.79 Å². The molecule has 1 atom stereocenters. The van der Waals surface area contributed by atoms with Crippen LogP contribution in [0.1, 0.15) is 41.0 Å². The third-order valence-corrected chi connectivity index (χ3v) is 3.36. The monoisotopic (exact) mass is 244 g/mol. The summed E-state index contributed by atoms with van der Waals surface area (Å²) in [5.74, 6) is 0.375. The first kappa shape index (κ1) is 16.4. The highest BCUT2D eigenvalue weighted by Crippen LogP contribution is 2.14. The second kappa shape index (κ2) is 7.67. The van der Waals surface area contributed by atoms with Crippen LogP contribution in [0.25, 0.3) is 0 Å². The number of rotatable bonds is 8. The van der Waals surface area contributed by atoms with E-state index in [0.29, 0.717) is 19.5 Å². The summed E-state index contributed by atoms with van der Waals surface area (Å²) in [6.07, 6.45) is 0.496. The maximum Gasteiger partial charge on any atom is 0.223 e. The maximum absolute atomic E-state index is 11.7. The lowest BCUT2D eigenvalue weighted by atomic mass is 9.92. The zero-order valence-electron chi connectivity index (χ0n) is 11.9. The number of nitrogens with zero attached hydrogens (tertiary/aromatic N) is 1. The van der Waals surface area contributed by atoms with Gasteiger partial charge in [0.25, 0.3) is 0 Å². The Balaban J connectivity index is 3.82. The standard InChI is InChI=1S/C13H28N2O2/c1-6-15(7-2)12(16)8-9-14-10-13(5,17)11(3)4/h11,14,17H,6-10H2,1-5H3. The molecule has 4 heteroatoms. The van der Waals surface area contributed by atoms with Gasteiger partial charge in [-0.2, -0.15) is 0 Å². The molecular weight excluding hydrogens is 216 g/mol. The molecule has 0 heterocycles. The van der Waals surface area contributed by atoms with E-state index in [-0.39, 0.29) is 11.8 Å². The van der Waals surface area contributed by atoms with Gasteiger partial charge in [-0.05, 0) is 26.7 Å². The lowest BCUT2D eigenvalue weighted by Gasteiger charge is -2.28. The van der Waals surface area contributed by atoms with Crippen LogP contribution < -0.4 is 5.32 Å². The van der Waals surface area contributed by atoms with Crippen LogP contribution in [0.3, 0.4) is 0 Å². The molecule has 0 bridgehead atoms. The smallest absolute Gasteiger partial charge is 0.223 e. The SMILES string of the molecule is CCN(CC)C(=O)CCNCC(C)(O)C(C)C. The van der Waals surface area contributed by atoms with Crippen LogP contribution in [0.2, 0.25) is 0 Å². The van der Waals surface area contributed by atoms with E-state index >= 15 is 0 Å². The van der Waals surface area contributed by atoms with Gasteiger partial charge in [0.1, 0.15) is 0 Å². The van der Waals surface area contributed by atoms with Gasteiger partial charge in [-0.3, -0.25) is 4.79 Å². The molecule has 0 aromatic carbocycles. The molecule has 0 aliphatic carbocycles. The van der Waals surface area contributed by atoms with Gasteiger partial charge in [-0.25, -0.2) is 0 Å². The van der Waals surface area contributed by atoms with Crippen molar-refractivity contribution in [1.29, 1.82) is 0 Å². The number of aliphatic hydroxyl groups is 1. The van der Waals surface area contributed by atoms with Crippen molar-refractivity contribution in [1.82, 2.24) is 10.2 Å². The number of hydrogen-bond donors (Lipinski definition) is 2. The molecule has 4 nitrogen and oxygen atoms in total. The van der Waals surface area contributed by atoms with E-state index in [2.05, 4.69) is 5.32 Å². The summed E-state index contributed by atoms with van der Waals surface area (Å²) in [4.78, 5) is 13.5. The lowest BCUT2D eigenvalue weighted by molar-refractivity contribution is -0.130. The molecule has 1 unspecified atom stereocenters. The van der Waals surface area contributed by atoms with Crippen LogP contribution in [0.15, 0.2) is 0 Å². The van der Waals surface area contributed by atoms with Gasteiger partial charge in [0.05, 0.1) is 5.60 Å². The normalized spacial score (nSPS) is 14.8. The van der Waals surface area contributed by atoms with Crippen molar-refractivity contribution in [2.24, 2.45) is 5.92 Å². The fraction of sp³-hybridized carbons (Fsp3) is 0.923. The van der Waals surface area contributed by atoms with Gasteiger partial charge in [-0.1, -0.05) is 13.8 Å². The van der Waals surface area contributed by atoms with Crippen LogP contribution in [0.5, 0.6) is 0 Å². The summed E-state index contributed by atoms with van der Waals surface area (Å²) in [5, 5.41) is 13.1. The second-order valence-corrected chi connectivity index (χ2v) is 5.00. The third kappa shape index (κ3) is 6.03. The molecule has 0 radical (unpaired) electrons. The van der Waals surface area contributed by atoms with E-state index in [1.807, 2.05) is 39.5 Å². The number of carbonyl (C=O) groups excluding carboxylic acids is 1. The summed E-state index contributed by atoms with van der Waals surface area (Å²) in [6.45, 7) is 12.4. The number of amides is 1. The molecule has 2 N–H and O–H groups in total. The van der Waals surface area contributed by atoms with Crippen molar-refractivity contribution in [2.45, 2.75) is 46.6 Å². The highest BCUT2D eigenvalue weighted by Gasteiger charge is 2.24. The van der Waals surface area contributed by atoms with Gasteiger partial charge >= 0.3 is 0 Å². The molecule has 0 spiro atoms. The average molecular weight is 244 g/mol. The van der Waals surface area contributed by atoms with Crippen molar-refractivity contribution in [3.63, 3.8) is 0 Å². The van der Waals surface area contributed by atoms with Gasteiger partial charge in [0, 0.05) is 32.6 Å². The molecular formula is C13H28N2O2. The fourth-order valence-corrected chi connectivity index (χ4v) is 1.48. The molecule has 0 aliphatic heterocycles. The second-order valence-electron chi connectivity index (χ2n) is 5.00. The molecule has 0 saturated heterocycles. The minimum absolute atomic E-state index is 0.173. The lowest BCUT2D eigenvalue weighted by Crippen LogP contribution is -2.43. The first-order valence-electron chi connectivity index (χ1n) is 6.56. The Morgan fingerprint density at radius 1 is 1.35 bits per heavy atom. The number of nitrogens with one attached hydrogen (secondary N) is 1. The molecule has 0 aromatic rings. The topological polar surface area (TPSA) is 52.6 Å². The quantitative estimate of drug-likeness (QED) is 0.632. The first-order chi connectivity index (χ1) is 7.85. The van der Waals surface area contributed by atoms with E-state index in [1.165, 1.54) is 0 Å². The van der Waals surface area contributed by atoms with Crippen molar-refractivity contribution in [3.05, 3.63) is 0 Å². The Bertz CT molecular complexity index is 223. The molecule has 1 amide bonds. The summed E-state index contributed by atoms with van der Waals surface area (Å²) in [6, 6.07) is 0. The van der Waals surface area contributed by atoms with E-state index in [1.54, 1.807) is 0 Å². The molecule has 0 rings (SSSR count). The Hall–Kier alpha value is -0.610. The third-order valence-electron chi connectivity index (χ3n) is 3.36. The predicted molar refractivity (Wildman–Crippen MR) is 70.9 cm³/mol. The van der Waals surface area contributed by atoms with Crippen LogP contribution in [0.4, 0.5) is 0 Å². The molecule has 0 aromatic heterocycles. The maximum atomic E-state index is 11.7. The highest BCUT2D eigenvalue weighted by molar-refractivity contribution is 5.76. The van der Waals surface area contributed by atoms with Crippen LogP contribution >= 0.6 is 0 Å². The summed E-state index contributed by atoms with van der Waals surface area (Å²) in [7, 11) is 0. The van der Waals surface area contributed by atoms with Crippen molar-refractivity contribution < 1.29 is 9.90 Å². The average Bonchev–Trinajstić information content (AvgIpc) is 2.26.